The van der Waals surface area contributed by atoms with E-state index < -0.39 is 0 Å². The van der Waals surface area contributed by atoms with E-state index in [1.54, 1.807) is 6.20 Å². The summed E-state index contributed by atoms with van der Waals surface area (Å²) in [5.74, 6) is 0. The molecule has 1 saturated carbocycles. The molecule has 2 aromatic heterocycles. The van der Waals surface area contributed by atoms with E-state index in [4.69, 9.17) is 17.0 Å². The fourth-order valence-electron chi connectivity index (χ4n) is 2.77. The summed E-state index contributed by atoms with van der Waals surface area (Å²) in [5, 5.41) is 0. The fraction of sp³-hybridized carbons (Fsp3) is 0.571. The van der Waals surface area contributed by atoms with Crippen LogP contribution in [0.25, 0.3) is 11.2 Å². The van der Waals surface area contributed by atoms with Crippen molar-refractivity contribution < 1.29 is 4.74 Å². The maximum Gasteiger partial charge on any atom is 0.179 e. The first-order valence-electron chi connectivity index (χ1n) is 7.10. The maximum atomic E-state index is 5.97. The quantitative estimate of drug-likeness (QED) is 0.835. The van der Waals surface area contributed by atoms with E-state index in [1.165, 1.54) is 32.1 Å². The monoisotopic (exact) mass is 355 g/mol. The Morgan fingerprint density at radius 3 is 3.00 bits per heavy atom. The second-order valence-electron chi connectivity index (χ2n) is 5.24. The molecule has 0 spiro atoms. The van der Waals surface area contributed by atoms with Gasteiger partial charge in [0.15, 0.2) is 10.4 Å². The molecule has 0 aliphatic heterocycles. The predicted molar refractivity (Wildman–Crippen MR) is 85.4 cm³/mol. The molecule has 0 unspecified atom stereocenters. The largest absolute Gasteiger partial charge is 0.376 e. The van der Waals surface area contributed by atoms with Crippen molar-refractivity contribution in [3.63, 3.8) is 0 Å². The molecule has 108 valence electrons. The first-order chi connectivity index (χ1) is 9.74. The van der Waals surface area contributed by atoms with Gasteiger partial charge in [-0.05, 0) is 47.1 Å². The number of ether oxygens (including phenoxy) is 1. The minimum atomic E-state index is 0.435. The highest BCUT2D eigenvalue weighted by atomic mass is 79.9. The first kappa shape index (κ1) is 14.2. The number of hydrogen-bond acceptors (Lipinski definition) is 3. The lowest BCUT2D eigenvalue weighted by Crippen LogP contribution is -2.19. The molecule has 0 aromatic carbocycles. The first-order valence-corrected chi connectivity index (χ1v) is 8.30. The zero-order valence-corrected chi connectivity index (χ0v) is 13.7. The van der Waals surface area contributed by atoms with E-state index in [-0.39, 0.29) is 0 Å². The van der Waals surface area contributed by atoms with Gasteiger partial charge in [0.1, 0.15) is 0 Å². The number of pyridine rings is 1. The number of H-pyrrole nitrogens is 1. The van der Waals surface area contributed by atoms with E-state index >= 15 is 0 Å². The Morgan fingerprint density at radius 2 is 2.20 bits per heavy atom. The number of nitrogens with one attached hydrogen (secondary N) is 1. The number of halogens is 1. The smallest absolute Gasteiger partial charge is 0.179 e. The van der Waals surface area contributed by atoms with Gasteiger partial charge in [-0.2, -0.15) is 0 Å². The number of nitrogens with zero attached hydrogens (tertiary/aromatic N) is 2. The van der Waals surface area contributed by atoms with Crippen LogP contribution in [0.1, 0.15) is 32.1 Å². The minimum absolute atomic E-state index is 0.435. The SMILES string of the molecule is S=c1[nH]c2cc(Br)cnc2n1CCOC1CCCCC1. The molecule has 2 aromatic rings. The van der Waals surface area contributed by atoms with Crippen LogP contribution < -0.4 is 0 Å². The van der Waals surface area contributed by atoms with Crippen LogP contribution >= 0.6 is 28.1 Å². The zero-order chi connectivity index (χ0) is 13.9. The Bertz CT molecular complexity index is 645. The molecule has 0 radical (unpaired) electrons. The summed E-state index contributed by atoms with van der Waals surface area (Å²) < 4.78 is 9.64. The second-order valence-corrected chi connectivity index (χ2v) is 6.54. The van der Waals surface area contributed by atoms with Crippen molar-refractivity contribution in [1.29, 1.82) is 0 Å². The molecule has 1 N–H and O–H groups in total. The van der Waals surface area contributed by atoms with Gasteiger partial charge in [-0.25, -0.2) is 4.98 Å². The van der Waals surface area contributed by atoms with Gasteiger partial charge in [0.25, 0.3) is 0 Å². The van der Waals surface area contributed by atoms with Gasteiger partial charge in [0.2, 0.25) is 0 Å². The summed E-state index contributed by atoms with van der Waals surface area (Å²) in [7, 11) is 0. The number of rotatable bonds is 4. The Balaban J connectivity index is 1.68. The van der Waals surface area contributed by atoms with Crippen LogP contribution in [0, 0.1) is 4.77 Å². The maximum absolute atomic E-state index is 5.97. The Labute approximate surface area is 131 Å². The Morgan fingerprint density at radius 1 is 1.40 bits per heavy atom. The van der Waals surface area contributed by atoms with Crippen LogP contribution in [0.15, 0.2) is 16.7 Å². The molecule has 1 fully saturated rings. The standard InChI is InChI=1S/C14H18BrN3OS/c15-10-8-12-13(16-9-10)18(14(20)17-12)6-7-19-11-4-2-1-3-5-11/h8-9,11H,1-7H2,(H,17,20). The number of aromatic nitrogens is 3. The van der Waals surface area contributed by atoms with Crippen LogP contribution in [0.5, 0.6) is 0 Å². The van der Waals surface area contributed by atoms with Crippen molar-refractivity contribution in [1.82, 2.24) is 14.5 Å². The van der Waals surface area contributed by atoms with E-state index in [1.807, 2.05) is 10.6 Å². The molecule has 0 amide bonds. The molecule has 6 heteroatoms. The minimum Gasteiger partial charge on any atom is -0.376 e. The third-order valence-corrected chi connectivity index (χ3v) is 4.55. The van der Waals surface area contributed by atoms with E-state index in [2.05, 4.69) is 25.9 Å². The van der Waals surface area contributed by atoms with E-state index in [9.17, 15) is 0 Å². The van der Waals surface area contributed by atoms with Crippen LogP contribution in [0.4, 0.5) is 0 Å². The number of imidazole rings is 1. The summed E-state index contributed by atoms with van der Waals surface area (Å²) in [6.45, 7) is 1.45. The molecule has 0 bridgehead atoms. The highest BCUT2D eigenvalue weighted by Gasteiger charge is 2.14. The van der Waals surface area contributed by atoms with Crippen LogP contribution in [0.3, 0.4) is 0 Å². The molecule has 1 aliphatic carbocycles. The molecule has 20 heavy (non-hydrogen) atoms. The number of hydrogen-bond donors (Lipinski definition) is 1. The topological polar surface area (TPSA) is 42.8 Å². The van der Waals surface area contributed by atoms with Gasteiger partial charge < -0.3 is 9.72 Å². The molecule has 2 heterocycles. The molecule has 0 atom stereocenters. The lowest BCUT2D eigenvalue weighted by Gasteiger charge is -2.22. The summed E-state index contributed by atoms with van der Waals surface area (Å²) in [4.78, 5) is 7.62. The average Bonchev–Trinajstić information content (AvgIpc) is 2.75. The second kappa shape index (κ2) is 6.37. The van der Waals surface area contributed by atoms with Gasteiger partial charge in [0.05, 0.1) is 24.8 Å². The molecule has 3 rings (SSSR count). The van der Waals surface area contributed by atoms with Gasteiger partial charge in [-0.1, -0.05) is 19.3 Å². The fourth-order valence-corrected chi connectivity index (χ4v) is 3.39. The Hall–Kier alpha value is -0.720. The van der Waals surface area contributed by atoms with Crippen molar-refractivity contribution >= 4 is 39.3 Å². The summed E-state index contributed by atoms with van der Waals surface area (Å²) >= 11 is 8.78. The van der Waals surface area contributed by atoms with Crippen LogP contribution in [-0.4, -0.2) is 27.2 Å². The summed E-state index contributed by atoms with van der Waals surface area (Å²) in [5.41, 5.74) is 1.85. The van der Waals surface area contributed by atoms with Crippen molar-refractivity contribution in [2.45, 2.75) is 44.8 Å². The third-order valence-electron chi connectivity index (χ3n) is 3.80. The normalized spacial score (nSPS) is 16.9. The van der Waals surface area contributed by atoms with E-state index in [0.717, 1.165) is 22.2 Å². The van der Waals surface area contributed by atoms with Crippen molar-refractivity contribution in [2.24, 2.45) is 0 Å². The van der Waals surface area contributed by atoms with E-state index in [0.29, 0.717) is 17.5 Å². The molecule has 0 saturated heterocycles. The lowest BCUT2D eigenvalue weighted by atomic mass is 9.98. The summed E-state index contributed by atoms with van der Waals surface area (Å²) in [6, 6.07) is 2.00. The van der Waals surface area contributed by atoms with Gasteiger partial charge in [0, 0.05) is 10.7 Å². The van der Waals surface area contributed by atoms with Gasteiger partial charge in [-0.15, -0.1) is 0 Å². The molecular weight excluding hydrogens is 338 g/mol. The predicted octanol–water partition coefficient (Wildman–Crippen LogP) is 4.21. The number of fused-ring (bicyclic) bond motifs is 1. The van der Waals surface area contributed by atoms with Crippen molar-refractivity contribution in [3.05, 3.63) is 21.5 Å². The summed E-state index contributed by atoms with van der Waals surface area (Å²) in [6.07, 6.45) is 8.58. The average molecular weight is 356 g/mol. The number of aromatic amines is 1. The molecular formula is C14H18BrN3OS. The third kappa shape index (κ3) is 3.13. The highest BCUT2D eigenvalue weighted by Crippen LogP contribution is 2.21. The highest BCUT2D eigenvalue weighted by molar-refractivity contribution is 9.10. The van der Waals surface area contributed by atoms with Crippen molar-refractivity contribution in [3.8, 4) is 0 Å². The van der Waals surface area contributed by atoms with Crippen LogP contribution in [-0.2, 0) is 11.3 Å². The molecule has 4 nitrogen and oxygen atoms in total. The van der Waals surface area contributed by atoms with Gasteiger partial charge >= 0.3 is 0 Å². The van der Waals surface area contributed by atoms with Crippen molar-refractivity contribution in [2.75, 3.05) is 6.61 Å². The lowest BCUT2D eigenvalue weighted by molar-refractivity contribution is 0.0243. The molecule has 1 aliphatic rings. The Kier molecular flexibility index (Phi) is 4.53. The van der Waals surface area contributed by atoms with Crippen LogP contribution in [0.2, 0.25) is 0 Å². The van der Waals surface area contributed by atoms with Gasteiger partial charge in [-0.3, -0.25) is 4.57 Å². The zero-order valence-electron chi connectivity index (χ0n) is 11.3.